The third-order valence-electron chi connectivity index (χ3n) is 9.52. The zero-order chi connectivity index (χ0) is 31.6. The number of carbonyl (C=O) groups excluding carboxylic acids is 2. The van der Waals surface area contributed by atoms with Gasteiger partial charge < -0.3 is 44.3 Å². The van der Waals surface area contributed by atoms with Crippen molar-refractivity contribution in [3.8, 4) is 0 Å². The summed E-state index contributed by atoms with van der Waals surface area (Å²) in [6.07, 6.45) is -6.25. The summed E-state index contributed by atoms with van der Waals surface area (Å²) in [5.74, 6) is -4.49. The van der Waals surface area contributed by atoms with Crippen LogP contribution in [0.15, 0.2) is 0 Å². The molecule has 41 heavy (non-hydrogen) atoms. The Kier molecular flexibility index (Phi) is 12.4. The number of nitrogens with zero attached hydrogens (tertiary/aromatic N) is 1. The van der Waals surface area contributed by atoms with E-state index in [1.807, 2.05) is 25.9 Å². The van der Waals surface area contributed by atoms with Crippen LogP contribution in [0, 0.1) is 23.7 Å². The summed E-state index contributed by atoms with van der Waals surface area (Å²) in [6.45, 7) is 13.2. The van der Waals surface area contributed by atoms with Crippen LogP contribution in [0.4, 0.5) is 0 Å². The molecule has 11 heteroatoms. The van der Waals surface area contributed by atoms with Crippen molar-refractivity contribution in [2.45, 2.75) is 135 Å². The zero-order valence-corrected chi connectivity index (χ0v) is 26.7. The number of hydrogen-bond acceptors (Lipinski definition) is 11. The van der Waals surface area contributed by atoms with E-state index < -0.39 is 77.7 Å². The Bertz CT molecular complexity index is 883. The number of ketones is 1. The predicted molar refractivity (Wildman–Crippen MR) is 152 cm³/mol. The van der Waals surface area contributed by atoms with Gasteiger partial charge in [0.05, 0.1) is 35.9 Å². The van der Waals surface area contributed by atoms with Gasteiger partial charge in [0, 0.05) is 30.9 Å². The number of carbonyl (C=O) groups is 2. The van der Waals surface area contributed by atoms with Crippen molar-refractivity contribution in [2.75, 3.05) is 21.2 Å². The second-order valence-corrected chi connectivity index (χ2v) is 13.1. The molecule has 2 saturated heterocycles. The molecule has 2 unspecified atom stereocenters. The second kappa shape index (κ2) is 14.1. The maximum Gasteiger partial charge on any atom is 0.311 e. The van der Waals surface area contributed by atoms with E-state index in [-0.39, 0.29) is 30.8 Å². The van der Waals surface area contributed by atoms with E-state index >= 15 is 0 Å². The van der Waals surface area contributed by atoms with Gasteiger partial charge in [-0.25, -0.2) is 0 Å². The van der Waals surface area contributed by atoms with Crippen LogP contribution < -0.4 is 0 Å². The number of hydrogen-bond donors (Lipinski definition) is 4. The number of rotatable bonds is 5. The van der Waals surface area contributed by atoms with Crippen molar-refractivity contribution in [2.24, 2.45) is 23.7 Å². The highest BCUT2D eigenvalue weighted by Gasteiger charge is 2.51. The lowest BCUT2D eigenvalue weighted by Gasteiger charge is -2.48. The minimum Gasteiger partial charge on any atom is -0.459 e. The van der Waals surface area contributed by atoms with Gasteiger partial charge in [-0.1, -0.05) is 27.7 Å². The fourth-order valence-corrected chi connectivity index (χ4v) is 6.59. The van der Waals surface area contributed by atoms with E-state index in [9.17, 15) is 30.0 Å². The van der Waals surface area contributed by atoms with Crippen LogP contribution in [0.25, 0.3) is 0 Å². The van der Waals surface area contributed by atoms with Gasteiger partial charge in [-0.2, -0.15) is 0 Å². The van der Waals surface area contributed by atoms with E-state index in [1.54, 1.807) is 34.6 Å². The molecule has 240 valence electrons. The van der Waals surface area contributed by atoms with E-state index in [0.29, 0.717) is 6.42 Å². The summed E-state index contributed by atoms with van der Waals surface area (Å²) >= 11 is 0. The van der Waals surface area contributed by atoms with E-state index in [0.717, 1.165) is 0 Å². The van der Waals surface area contributed by atoms with E-state index in [4.69, 9.17) is 18.9 Å². The van der Waals surface area contributed by atoms with E-state index in [2.05, 4.69) is 0 Å². The van der Waals surface area contributed by atoms with Crippen molar-refractivity contribution < 1.29 is 49.0 Å². The van der Waals surface area contributed by atoms with Crippen molar-refractivity contribution in [1.82, 2.24) is 4.90 Å². The lowest BCUT2D eigenvalue weighted by Crippen LogP contribution is -2.60. The minimum atomic E-state index is -1.91. The Morgan fingerprint density at radius 2 is 1.59 bits per heavy atom. The molecule has 0 saturated carbocycles. The van der Waals surface area contributed by atoms with Gasteiger partial charge in [-0.15, -0.1) is 0 Å². The summed E-state index contributed by atoms with van der Waals surface area (Å²) in [6, 6.07) is -0.244. The summed E-state index contributed by atoms with van der Waals surface area (Å²) in [5.41, 5.74) is -3.11. The van der Waals surface area contributed by atoms with Crippen LogP contribution in [0.1, 0.15) is 74.7 Å². The third-order valence-corrected chi connectivity index (χ3v) is 9.52. The Labute approximate surface area is 245 Å². The molecule has 0 aromatic carbocycles. The number of likely N-dealkylation sites (N-methyl/N-ethyl adjacent to an activating group) is 1. The molecule has 2 fully saturated rings. The molecular formula is C30H55NO10. The SMILES string of the molecule is CC[C@H]1OC(=O)[C@H](C)[C@@H](O)[C@H](C)[C@@H](OC2O[C@H](C)C[C@H](N(C)C)C2O)[C@@](C)(OC)C[C@@H](C)C(=O)[C@H](C)[C@@H](O)[C@]1(C)O. The summed E-state index contributed by atoms with van der Waals surface area (Å²) in [7, 11) is 5.21. The van der Waals surface area contributed by atoms with Gasteiger partial charge in [0.25, 0.3) is 0 Å². The molecule has 0 aromatic rings. The predicted octanol–water partition coefficient (Wildman–Crippen LogP) is 1.51. The Morgan fingerprint density at radius 1 is 1.00 bits per heavy atom. The van der Waals surface area contributed by atoms with Crippen molar-refractivity contribution >= 4 is 11.8 Å². The van der Waals surface area contributed by atoms with Gasteiger partial charge in [-0.05, 0) is 61.1 Å². The molecule has 2 heterocycles. The summed E-state index contributed by atoms with van der Waals surface area (Å²) in [4.78, 5) is 28.8. The third kappa shape index (κ3) is 7.67. The van der Waals surface area contributed by atoms with Crippen LogP contribution >= 0.6 is 0 Å². The standard InChI is InChI=1S/C30H55NO10/c1-12-21-30(8,37)25(35)17(4)22(32)15(2)14-29(7,38-11)26(18(5)23(33)19(6)27(36)40-21)41-28-24(34)20(31(9)10)13-16(3)39-28/h15-21,23-26,28,33-35,37H,12-14H2,1-11H3/t15-,16-,17+,18+,19-,20+,21-,23+,24?,25-,26-,28?,29+,30-/m1/s1. The number of aliphatic hydroxyl groups is 4. The average Bonchev–Trinajstić information content (AvgIpc) is 2.92. The number of Topliss-reactive ketones (excluding diaryl/α,β-unsaturated/α-hetero) is 1. The molecule has 2 aliphatic rings. The Balaban J connectivity index is 2.60. The highest BCUT2D eigenvalue weighted by atomic mass is 16.7. The van der Waals surface area contributed by atoms with E-state index in [1.165, 1.54) is 21.0 Å². The number of aliphatic hydroxyl groups excluding tert-OH is 3. The first kappa shape index (κ1) is 36.0. The maximum absolute atomic E-state index is 13.6. The first-order valence-corrected chi connectivity index (χ1v) is 14.9. The molecule has 0 amide bonds. The molecule has 11 nitrogen and oxygen atoms in total. The quantitative estimate of drug-likeness (QED) is 0.345. The van der Waals surface area contributed by atoms with Gasteiger partial charge in [-0.3, -0.25) is 9.59 Å². The van der Waals surface area contributed by atoms with Gasteiger partial charge in [0.2, 0.25) is 0 Å². The molecule has 2 rings (SSSR count). The van der Waals surface area contributed by atoms with Gasteiger partial charge in [0.15, 0.2) is 6.29 Å². The van der Waals surface area contributed by atoms with Crippen LogP contribution in [-0.2, 0) is 28.5 Å². The first-order chi connectivity index (χ1) is 18.8. The Hall–Kier alpha value is -1.18. The van der Waals surface area contributed by atoms with Gasteiger partial charge in [0.1, 0.15) is 23.6 Å². The maximum atomic E-state index is 13.6. The van der Waals surface area contributed by atoms with Crippen LogP contribution in [0.5, 0.6) is 0 Å². The normalized spacial score (nSPS) is 47.6. The smallest absolute Gasteiger partial charge is 0.311 e. The van der Waals surface area contributed by atoms with Crippen LogP contribution in [0.3, 0.4) is 0 Å². The van der Waals surface area contributed by atoms with Crippen molar-refractivity contribution in [3.05, 3.63) is 0 Å². The molecular weight excluding hydrogens is 534 g/mol. The fraction of sp³-hybridized carbons (Fsp3) is 0.933. The fourth-order valence-electron chi connectivity index (χ4n) is 6.59. The topological polar surface area (TPSA) is 155 Å². The lowest BCUT2D eigenvalue weighted by molar-refractivity contribution is -0.301. The van der Waals surface area contributed by atoms with Crippen LogP contribution in [0.2, 0.25) is 0 Å². The second-order valence-electron chi connectivity index (χ2n) is 13.1. The first-order valence-electron chi connectivity index (χ1n) is 14.9. The average molecular weight is 590 g/mol. The largest absolute Gasteiger partial charge is 0.459 e. The number of ether oxygens (including phenoxy) is 4. The Morgan fingerprint density at radius 3 is 2.10 bits per heavy atom. The molecule has 0 bridgehead atoms. The monoisotopic (exact) mass is 589 g/mol. The molecule has 0 spiro atoms. The summed E-state index contributed by atoms with van der Waals surface area (Å²) < 4.78 is 24.2. The van der Waals surface area contributed by atoms with Gasteiger partial charge >= 0.3 is 5.97 Å². The molecule has 0 aliphatic carbocycles. The lowest BCUT2D eigenvalue weighted by atomic mass is 9.74. The summed E-state index contributed by atoms with van der Waals surface area (Å²) in [5, 5.41) is 45.1. The minimum absolute atomic E-state index is 0.134. The molecule has 2 aliphatic heterocycles. The highest BCUT2D eigenvalue weighted by Crippen LogP contribution is 2.39. The number of esters is 1. The van der Waals surface area contributed by atoms with Crippen molar-refractivity contribution in [3.63, 3.8) is 0 Å². The molecule has 0 radical (unpaired) electrons. The molecule has 0 aromatic heterocycles. The van der Waals surface area contributed by atoms with Crippen LogP contribution in [-0.4, -0.2) is 118 Å². The zero-order valence-electron chi connectivity index (χ0n) is 26.7. The van der Waals surface area contributed by atoms with Crippen molar-refractivity contribution in [1.29, 1.82) is 0 Å². The molecule has 4 N–H and O–H groups in total. The number of methoxy groups -OCH3 is 1. The highest BCUT2D eigenvalue weighted by molar-refractivity contribution is 5.83. The number of cyclic esters (lactones) is 1. The molecule has 14 atom stereocenters.